The molecule has 138 valence electrons. The summed E-state index contributed by atoms with van der Waals surface area (Å²) >= 11 is 1.23. The van der Waals surface area contributed by atoms with Crippen molar-refractivity contribution in [2.75, 3.05) is 5.32 Å². The zero-order chi connectivity index (χ0) is 19.0. The number of nitrogens with zero attached hydrogens (tertiary/aromatic N) is 2. The molecule has 0 radical (unpaired) electrons. The van der Waals surface area contributed by atoms with E-state index in [0.717, 1.165) is 4.68 Å². The Morgan fingerprint density at radius 1 is 1.20 bits per heavy atom. The summed E-state index contributed by atoms with van der Waals surface area (Å²) < 4.78 is 12.2. The first-order valence-electron chi connectivity index (χ1n) is 7.75. The van der Waals surface area contributed by atoms with Crippen molar-refractivity contribution < 1.29 is 24.2 Å². The second-order valence-electron chi connectivity index (χ2n) is 7.45. The predicted octanol–water partition coefficient (Wildman–Crippen LogP) is 3.72. The number of nitrogens with one attached hydrogen (secondary N) is 1. The number of thiophene rings is 1. The summed E-state index contributed by atoms with van der Waals surface area (Å²) in [5, 5.41) is 16.0. The second-order valence-corrected chi connectivity index (χ2v) is 8.59. The first-order valence-corrected chi connectivity index (χ1v) is 8.57. The van der Waals surface area contributed by atoms with Crippen LogP contribution in [0, 0.1) is 0 Å². The van der Waals surface area contributed by atoms with Gasteiger partial charge in [-0.3, -0.25) is 5.32 Å². The zero-order valence-corrected chi connectivity index (χ0v) is 16.0. The molecule has 0 bridgehead atoms. The number of carbonyl (C=O) groups is 2. The van der Waals surface area contributed by atoms with Gasteiger partial charge in [-0.15, -0.1) is 16.4 Å². The lowest BCUT2D eigenvalue weighted by Gasteiger charge is -2.19. The van der Waals surface area contributed by atoms with Crippen LogP contribution in [0.5, 0.6) is 0 Å². The van der Waals surface area contributed by atoms with Gasteiger partial charge in [-0.05, 0) is 47.6 Å². The number of ether oxygens (including phenoxy) is 2. The van der Waals surface area contributed by atoms with E-state index in [0.29, 0.717) is 15.1 Å². The van der Waals surface area contributed by atoms with E-state index in [4.69, 9.17) is 9.47 Å². The first-order chi connectivity index (χ1) is 11.4. The number of aromatic nitrogens is 2. The van der Waals surface area contributed by atoms with Crippen molar-refractivity contribution in [3.63, 3.8) is 0 Å². The molecule has 0 spiro atoms. The maximum absolute atomic E-state index is 12.4. The molecule has 0 saturated carbocycles. The van der Waals surface area contributed by atoms with Crippen LogP contribution in [0.1, 0.15) is 46.4 Å². The molecule has 9 heteroatoms. The van der Waals surface area contributed by atoms with Crippen LogP contribution in [-0.4, -0.2) is 38.3 Å². The van der Waals surface area contributed by atoms with Gasteiger partial charge in [0.2, 0.25) is 0 Å². The fraction of sp³-hybridized carbons (Fsp3) is 0.562. The highest BCUT2D eigenvalue weighted by molar-refractivity contribution is 7.19. The number of amides is 1. The maximum Gasteiger partial charge on any atom is 0.435 e. The highest BCUT2D eigenvalue weighted by Crippen LogP contribution is 2.32. The van der Waals surface area contributed by atoms with Crippen molar-refractivity contribution in [3.8, 4) is 0 Å². The monoisotopic (exact) mass is 369 g/mol. The molecule has 8 nitrogen and oxygen atoms in total. The largest absolute Gasteiger partial charge is 0.444 e. The quantitative estimate of drug-likeness (QED) is 0.836. The van der Waals surface area contributed by atoms with Crippen LogP contribution in [0.25, 0.3) is 10.2 Å². The molecule has 1 amide bonds. The molecule has 2 aromatic heterocycles. The third kappa shape index (κ3) is 4.93. The number of fused-ring (bicyclic) bond motifs is 1. The Labute approximate surface area is 149 Å². The summed E-state index contributed by atoms with van der Waals surface area (Å²) in [5.41, 5.74) is -0.901. The number of hydrogen-bond acceptors (Lipinski definition) is 7. The summed E-state index contributed by atoms with van der Waals surface area (Å²) in [6, 6.07) is 1.64. The zero-order valence-electron chi connectivity index (χ0n) is 15.2. The molecular formula is C16H23N3O5S. The molecule has 25 heavy (non-hydrogen) atoms. The molecule has 0 aliphatic rings. The Kier molecular flexibility index (Phi) is 5.10. The summed E-state index contributed by atoms with van der Waals surface area (Å²) in [5.74, 6) is 0.180. The SMILES string of the molecule is CC(C)(C)OC(=O)Nc1nn(C(=O)OC(C)(C)C)c2cc(CO)sc12. The van der Waals surface area contributed by atoms with Crippen LogP contribution in [0.4, 0.5) is 15.4 Å². The Morgan fingerprint density at radius 3 is 2.32 bits per heavy atom. The lowest BCUT2D eigenvalue weighted by Crippen LogP contribution is -2.28. The third-order valence-electron chi connectivity index (χ3n) is 2.75. The molecule has 0 aliphatic heterocycles. The molecule has 0 saturated heterocycles. The van der Waals surface area contributed by atoms with E-state index in [-0.39, 0.29) is 12.4 Å². The van der Waals surface area contributed by atoms with Crippen LogP contribution >= 0.6 is 11.3 Å². The molecular weight excluding hydrogens is 346 g/mol. The Hall–Kier alpha value is -2.13. The van der Waals surface area contributed by atoms with E-state index in [9.17, 15) is 14.7 Å². The van der Waals surface area contributed by atoms with Crippen molar-refractivity contribution in [2.24, 2.45) is 0 Å². The molecule has 0 atom stereocenters. The highest BCUT2D eigenvalue weighted by atomic mass is 32.1. The molecule has 0 fully saturated rings. The van der Waals surface area contributed by atoms with Crippen molar-refractivity contribution in [1.29, 1.82) is 0 Å². The lowest BCUT2D eigenvalue weighted by atomic mass is 10.2. The number of hydrogen-bond donors (Lipinski definition) is 2. The molecule has 2 rings (SSSR count). The lowest BCUT2D eigenvalue weighted by molar-refractivity contribution is 0.0520. The summed E-state index contributed by atoms with van der Waals surface area (Å²) in [7, 11) is 0. The van der Waals surface area contributed by atoms with Gasteiger partial charge in [0.15, 0.2) is 5.82 Å². The standard InChI is InChI=1S/C16H23N3O5S/c1-15(2,3)23-13(21)17-12-11-10(7-9(8-20)25-11)19(18-12)14(22)24-16(4,5)6/h7,20H,8H2,1-6H3,(H,17,18,21). The minimum atomic E-state index is -0.691. The highest BCUT2D eigenvalue weighted by Gasteiger charge is 2.25. The van der Waals surface area contributed by atoms with Gasteiger partial charge < -0.3 is 14.6 Å². The molecule has 0 aromatic carbocycles. The topological polar surface area (TPSA) is 103 Å². The molecule has 2 aromatic rings. The van der Waals surface area contributed by atoms with Crippen molar-refractivity contribution in [2.45, 2.75) is 59.4 Å². The third-order valence-corrected chi connectivity index (χ3v) is 3.86. The van der Waals surface area contributed by atoms with E-state index in [1.807, 2.05) is 0 Å². The number of aliphatic hydroxyl groups is 1. The van der Waals surface area contributed by atoms with Crippen molar-refractivity contribution in [1.82, 2.24) is 9.78 Å². The molecule has 2 N–H and O–H groups in total. The minimum Gasteiger partial charge on any atom is -0.444 e. The van der Waals surface area contributed by atoms with E-state index in [1.165, 1.54) is 11.3 Å². The molecule has 0 unspecified atom stereocenters. The molecule has 2 heterocycles. The van der Waals surface area contributed by atoms with Gasteiger partial charge in [-0.1, -0.05) is 0 Å². The van der Waals surface area contributed by atoms with Crippen LogP contribution in [0.3, 0.4) is 0 Å². The summed E-state index contributed by atoms with van der Waals surface area (Å²) in [6.07, 6.45) is -1.35. The van der Waals surface area contributed by atoms with Crippen LogP contribution in [-0.2, 0) is 16.1 Å². The average Bonchev–Trinajstić information content (AvgIpc) is 2.94. The van der Waals surface area contributed by atoms with Crippen LogP contribution < -0.4 is 5.32 Å². The van der Waals surface area contributed by atoms with Gasteiger partial charge in [-0.25, -0.2) is 9.59 Å². The van der Waals surface area contributed by atoms with Gasteiger partial charge in [0.25, 0.3) is 0 Å². The fourth-order valence-electron chi connectivity index (χ4n) is 1.96. The number of carbonyl (C=O) groups excluding carboxylic acids is 2. The van der Waals surface area contributed by atoms with Gasteiger partial charge in [-0.2, -0.15) is 4.68 Å². The smallest absolute Gasteiger partial charge is 0.435 e. The van der Waals surface area contributed by atoms with Crippen molar-refractivity contribution >= 4 is 39.6 Å². The van der Waals surface area contributed by atoms with Gasteiger partial charge in [0.05, 0.1) is 16.8 Å². The first kappa shape index (κ1) is 19.2. The van der Waals surface area contributed by atoms with E-state index in [1.54, 1.807) is 47.6 Å². The van der Waals surface area contributed by atoms with Gasteiger partial charge >= 0.3 is 12.2 Å². The van der Waals surface area contributed by atoms with E-state index in [2.05, 4.69) is 10.4 Å². The Bertz CT molecular complexity index is 795. The fourth-order valence-corrected chi connectivity index (χ4v) is 2.90. The predicted molar refractivity (Wildman–Crippen MR) is 95.0 cm³/mol. The Morgan fingerprint density at radius 2 is 1.80 bits per heavy atom. The van der Waals surface area contributed by atoms with E-state index >= 15 is 0 Å². The van der Waals surface area contributed by atoms with Crippen LogP contribution in [0.15, 0.2) is 6.07 Å². The number of aliphatic hydroxyl groups excluding tert-OH is 1. The van der Waals surface area contributed by atoms with Gasteiger partial charge in [0.1, 0.15) is 11.2 Å². The Balaban J connectivity index is 2.39. The minimum absolute atomic E-state index is 0.180. The second kappa shape index (κ2) is 6.64. The normalized spacial score (nSPS) is 12.3. The van der Waals surface area contributed by atoms with Gasteiger partial charge in [0, 0.05) is 4.88 Å². The van der Waals surface area contributed by atoms with Crippen molar-refractivity contribution in [3.05, 3.63) is 10.9 Å². The summed E-state index contributed by atoms with van der Waals surface area (Å²) in [4.78, 5) is 25.0. The number of anilines is 1. The number of rotatable bonds is 2. The summed E-state index contributed by atoms with van der Waals surface area (Å²) in [6.45, 7) is 10.3. The van der Waals surface area contributed by atoms with Crippen LogP contribution in [0.2, 0.25) is 0 Å². The maximum atomic E-state index is 12.4. The average molecular weight is 369 g/mol. The van der Waals surface area contributed by atoms with E-state index < -0.39 is 23.4 Å². The molecule has 0 aliphatic carbocycles.